The minimum absolute atomic E-state index is 0.125. The molecular formula is C23H33N5O2. The van der Waals surface area contributed by atoms with E-state index in [0.29, 0.717) is 18.9 Å². The van der Waals surface area contributed by atoms with Crippen molar-refractivity contribution in [1.29, 1.82) is 0 Å². The smallest absolute Gasteiger partial charge is 0.227 e. The lowest BCUT2D eigenvalue weighted by molar-refractivity contribution is -0.136. The van der Waals surface area contributed by atoms with Gasteiger partial charge in [-0.25, -0.2) is 4.98 Å². The highest BCUT2D eigenvalue weighted by Gasteiger charge is 2.37. The van der Waals surface area contributed by atoms with Crippen LogP contribution in [0.2, 0.25) is 0 Å². The van der Waals surface area contributed by atoms with Crippen molar-refractivity contribution in [2.24, 2.45) is 5.92 Å². The maximum absolute atomic E-state index is 13.0. The van der Waals surface area contributed by atoms with Gasteiger partial charge in [-0.2, -0.15) is 0 Å². The molecule has 0 bridgehead atoms. The second kappa shape index (κ2) is 8.76. The summed E-state index contributed by atoms with van der Waals surface area (Å²) in [6.45, 7) is 5.84. The molecule has 2 aliphatic heterocycles. The molecule has 2 saturated heterocycles. The molecule has 2 amide bonds. The van der Waals surface area contributed by atoms with Gasteiger partial charge in [-0.3, -0.25) is 9.59 Å². The first-order valence-electron chi connectivity index (χ1n) is 11.1. The number of carbonyl (C=O) groups excluding carboxylic acids is 2. The minimum Gasteiger partial charge on any atom is -0.342 e. The van der Waals surface area contributed by atoms with E-state index < -0.39 is 0 Å². The van der Waals surface area contributed by atoms with Gasteiger partial charge in [-0.1, -0.05) is 6.07 Å². The Morgan fingerprint density at radius 2 is 2.03 bits per heavy atom. The molecule has 1 unspecified atom stereocenters. The van der Waals surface area contributed by atoms with Gasteiger partial charge in [0.05, 0.1) is 17.0 Å². The molecule has 2 aliphatic rings. The van der Waals surface area contributed by atoms with Crippen LogP contribution in [0.3, 0.4) is 0 Å². The second-order valence-electron chi connectivity index (χ2n) is 9.14. The number of aryl methyl sites for hydroxylation is 1. The molecule has 3 heterocycles. The van der Waals surface area contributed by atoms with Gasteiger partial charge in [0.1, 0.15) is 5.82 Å². The fourth-order valence-corrected chi connectivity index (χ4v) is 4.70. The molecule has 1 aromatic carbocycles. The van der Waals surface area contributed by atoms with Crippen LogP contribution in [-0.2, 0) is 9.59 Å². The lowest BCUT2D eigenvalue weighted by Gasteiger charge is -2.32. The SMILES string of the molecule is Cc1ccc2nc(C3CCN(C(=O)C4CC(=O)N(CCCN(C)C)C4)CC3)[nH]c2c1. The van der Waals surface area contributed by atoms with Crippen molar-refractivity contribution < 1.29 is 9.59 Å². The minimum atomic E-state index is -0.178. The van der Waals surface area contributed by atoms with Gasteiger partial charge in [0.2, 0.25) is 11.8 Å². The van der Waals surface area contributed by atoms with E-state index in [4.69, 9.17) is 4.98 Å². The molecule has 0 saturated carbocycles. The number of aromatic nitrogens is 2. The van der Waals surface area contributed by atoms with E-state index in [1.165, 1.54) is 5.56 Å². The van der Waals surface area contributed by atoms with E-state index in [2.05, 4.69) is 35.0 Å². The van der Waals surface area contributed by atoms with E-state index in [9.17, 15) is 9.59 Å². The Balaban J connectivity index is 1.30. The van der Waals surface area contributed by atoms with Crippen molar-refractivity contribution in [1.82, 2.24) is 24.7 Å². The summed E-state index contributed by atoms with van der Waals surface area (Å²) in [5.41, 5.74) is 3.32. The van der Waals surface area contributed by atoms with E-state index in [0.717, 1.165) is 62.3 Å². The number of hydrogen-bond acceptors (Lipinski definition) is 4. The Morgan fingerprint density at radius 1 is 1.27 bits per heavy atom. The monoisotopic (exact) mass is 411 g/mol. The number of rotatable bonds is 6. The van der Waals surface area contributed by atoms with Crippen molar-refractivity contribution in [3.8, 4) is 0 Å². The molecule has 30 heavy (non-hydrogen) atoms. The Kier molecular flexibility index (Phi) is 6.09. The van der Waals surface area contributed by atoms with Crippen molar-refractivity contribution in [3.63, 3.8) is 0 Å². The molecule has 0 spiro atoms. The maximum atomic E-state index is 13.0. The highest BCUT2D eigenvalue weighted by Crippen LogP contribution is 2.30. The lowest BCUT2D eigenvalue weighted by atomic mass is 9.95. The number of likely N-dealkylation sites (tertiary alicyclic amines) is 2. The molecule has 0 radical (unpaired) electrons. The zero-order valence-corrected chi connectivity index (χ0v) is 18.4. The van der Waals surface area contributed by atoms with E-state index in [1.807, 2.05) is 23.9 Å². The average molecular weight is 412 g/mol. The zero-order valence-electron chi connectivity index (χ0n) is 18.4. The molecule has 7 heteroatoms. The number of hydrogen-bond donors (Lipinski definition) is 1. The number of imidazole rings is 1. The number of piperidine rings is 1. The summed E-state index contributed by atoms with van der Waals surface area (Å²) >= 11 is 0. The van der Waals surface area contributed by atoms with Crippen molar-refractivity contribution in [2.45, 2.75) is 38.5 Å². The van der Waals surface area contributed by atoms with Gasteiger partial charge in [0, 0.05) is 38.5 Å². The predicted octanol–water partition coefficient (Wildman–Crippen LogP) is 2.38. The van der Waals surface area contributed by atoms with Crippen LogP contribution >= 0.6 is 0 Å². The maximum Gasteiger partial charge on any atom is 0.227 e. The fourth-order valence-electron chi connectivity index (χ4n) is 4.70. The Bertz CT molecular complexity index is 913. The van der Waals surface area contributed by atoms with E-state index in [-0.39, 0.29) is 17.7 Å². The first-order valence-corrected chi connectivity index (χ1v) is 11.1. The summed E-state index contributed by atoms with van der Waals surface area (Å²) in [6.07, 6.45) is 3.14. The van der Waals surface area contributed by atoms with Crippen LogP contribution in [0.5, 0.6) is 0 Å². The van der Waals surface area contributed by atoms with Gasteiger partial charge < -0.3 is 19.7 Å². The summed E-state index contributed by atoms with van der Waals surface area (Å²) in [5.74, 6) is 1.49. The van der Waals surface area contributed by atoms with Crippen LogP contribution < -0.4 is 0 Å². The van der Waals surface area contributed by atoms with Gasteiger partial charge in [0.15, 0.2) is 0 Å². The third-order valence-electron chi connectivity index (χ3n) is 6.45. The number of aromatic amines is 1. The molecule has 162 valence electrons. The number of benzene rings is 1. The first-order chi connectivity index (χ1) is 14.4. The van der Waals surface area contributed by atoms with Gasteiger partial charge in [0.25, 0.3) is 0 Å². The van der Waals surface area contributed by atoms with Crippen LogP contribution in [0.25, 0.3) is 11.0 Å². The number of nitrogens with zero attached hydrogens (tertiary/aromatic N) is 4. The number of carbonyl (C=O) groups is 2. The van der Waals surface area contributed by atoms with Gasteiger partial charge in [-0.15, -0.1) is 0 Å². The third kappa shape index (κ3) is 4.51. The topological polar surface area (TPSA) is 72.5 Å². The molecule has 2 aromatic rings. The average Bonchev–Trinajstić information content (AvgIpc) is 3.30. The van der Waals surface area contributed by atoms with E-state index >= 15 is 0 Å². The van der Waals surface area contributed by atoms with Crippen LogP contribution in [-0.4, -0.2) is 83.3 Å². The predicted molar refractivity (Wildman–Crippen MR) is 117 cm³/mol. The fraction of sp³-hybridized carbons (Fsp3) is 0.609. The highest BCUT2D eigenvalue weighted by molar-refractivity contribution is 5.89. The molecule has 2 fully saturated rings. The number of fused-ring (bicyclic) bond motifs is 1. The van der Waals surface area contributed by atoms with Crippen LogP contribution in [0.4, 0.5) is 0 Å². The largest absolute Gasteiger partial charge is 0.342 e. The van der Waals surface area contributed by atoms with Gasteiger partial charge in [-0.05, 0) is 64.5 Å². The molecule has 1 atom stereocenters. The summed E-state index contributed by atoms with van der Waals surface area (Å²) < 4.78 is 0. The van der Waals surface area contributed by atoms with Crippen molar-refractivity contribution in [2.75, 3.05) is 46.8 Å². The second-order valence-corrected chi connectivity index (χ2v) is 9.14. The Morgan fingerprint density at radius 3 is 2.77 bits per heavy atom. The van der Waals surface area contributed by atoms with E-state index in [1.54, 1.807) is 0 Å². The van der Waals surface area contributed by atoms with Crippen LogP contribution in [0.1, 0.15) is 43.0 Å². The lowest BCUT2D eigenvalue weighted by Crippen LogP contribution is -2.42. The summed E-state index contributed by atoms with van der Waals surface area (Å²) in [6, 6.07) is 6.28. The third-order valence-corrected chi connectivity index (χ3v) is 6.45. The molecule has 0 aliphatic carbocycles. The molecule has 7 nitrogen and oxygen atoms in total. The molecule has 1 N–H and O–H groups in total. The number of nitrogens with one attached hydrogen (secondary N) is 1. The number of amides is 2. The van der Waals surface area contributed by atoms with Gasteiger partial charge >= 0.3 is 0 Å². The van der Waals surface area contributed by atoms with Crippen LogP contribution in [0.15, 0.2) is 18.2 Å². The van der Waals surface area contributed by atoms with Crippen LogP contribution in [0, 0.1) is 12.8 Å². The van der Waals surface area contributed by atoms with Crippen molar-refractivity contribution in [3.05, 3.63) is 29.6 Å². The molecule has 4 rings (SSSR count). The Labute approximate surface area is 178 Å². The summed E-state index contributed by atoms with van der Waals surface area (Å²) in [5, 5.41) is 0. The highest BCUT2D eigenvalue weighted by atomic mass is 16.2. The normalized spacial score (nSPS) is 20.7. The standard InChI is InChI=1S/C23H33N5O2/c1-16-5-6-19-20(13-16)25-22(24-19)17-7-11-27(12-8-17)23(30)18-14-21(29)28(15-18)10-4-9-26(2)3/h5-6,13,17-18H,4,7-12,14-15H2,1-3H3,(H,24,25). The van der Waals surface area contributed by atoms with Crippen molar-refractivity contribution >= 4 is 22.8 Å². The summed E-state index contributed by atoms with van der Waals surface area (Å²) in [7, 11) is 4.07. The quantitative estimate of drug-likeness (QED) is 0.792. The number of H-pyrrole nitrogens is 1. The summed E-state index contributed by atoms with van der Waals surface area (Å²) in [4.78, 5) is 39.5. The first kappa shape index (κ1) is 20.8. The Hall–Kier alpha value is -2.41. The zero-order chi connectivity index (χ0) is 21.3. The molecule has 1 aromatic heterocycles. The molecular weight excluding hydrogens is 378 g/mol.